The molecule has 0 heterocycles. The van der Waals surface area contributed by atoms with Crippen LogP contribution in [0.2, 0.25) is 0 Å². The Morgan fingerprint density at radius 2 is 2.24 bits per heavy atom. The molecule has 0 aliphatic heterocycles. The molecule has 0 amide bonds. The van der Waals surface area contributed by atoms with Gasteiger partial charge in [-0.15, -0.1) is 0 Å². The molecule has 0 aliphatic carbocycles. The molecule has 3 nitrogen and oxygen atoms in total. The Balaban J connectivity index is 2.47. The Morgan fingerprint density at radius 3 is 2.94 bits per heavy atom. The van der Waals surface area contributed by atoms with E-state index in [1.54, 1.807) is 6.92 Å². The lowest BCUT2D eigenvalue weighted by Crippen LogP contribution is -1.84. The van der Waals surface area contributed by atoms with Gasteiger partial charge in [-0.1, -0.05) is 47.3 Å². The monoisotopic (exact) mass is 249 g/mol. The average molecular weight is 249 g/mol. The number of nitrogens with zero attached hydrogens (tertiary/aromatic N) is 1. The summed E-state index contributed by atoms with van der Waals surface area (Å²) in [6.07, 6.45) is 6.28. The summed E-state index contributed by atoms with van der Waals surface area (Å²) in [7, 11) is 0. The van der Waals surface area contributed by atoms with Gasteiger partial charge in [0.2, 0.25) is 0 Å². The van der Waals surface area contributed by atoms with Gasteiger partial charge in [-0.2, -0.15) is 0 Å². The van der Waals surface area contributed by atoms with Crippen molar-refractivity contribution < 1.29 is 10.0 Å². The highest BCUT2D eigenvalue weighted by molar-refractivity contribution is 8.13. The summed E-state index contributed by atoms with van der Waals surface area (Å²) >= 11 is 1.33. The van der Waals surface area contributed by atoms with Crippen LogP contribution in [0.5, 0.6) is 0 Å². The van der Waals surface area contributed by atoms with Crippen molar-refractivity contribution in [1.29, 1.82) is 0 Å². The number of carbonyl (C=O) groups excluding carboxylic acids is 1. The molecule has 0 radical (unpaired) electrons. The number of allylic oxidation sites excluding steroid dienone is 1. The van der Waals surface area contributed by atoms with E-state index in [1.807, 2.05) is 36.4 Å². The van der Waals surface area contributed by atoms with E-state index in [-0.39, 0.29) is 5.12 Å². The van der Waals surface area contributed by atoms with Crippen molar-refractivity contribution in [2.24, 2.45) is 5.16 Å². The highest BCUT2D eigenvalue weighted by atomic mass is 32.2. The van der Waals surface area contributed by atoms with E-state index < -0.39 is 0 Å². The number of hydrogen-bond donors (Lipinski definition) is 1. The summed E-state index contributed by atoms with van der Waals surface area (Å²) in [6, 6.07) is 7.67. The third kappa shape index (κ3) is 5.92. The lowest BCUT2D eigenvalue weighted by atomic mass is 10.1. The summed E-state index contributed by atoms with van der Waals surface area (Å²) in [5.74, 6) is 0.809. The zero-order chi connectivity index (χ0) is 12.5. The molecule has 0 bridgehead atoms. The molecule has 1 aromatic carbocycles. The summed E-state index contributed by atoms with van der Waals surface area (Å²) in [5, 5.41) is 11.6. The molecule has 1 rings (SSSR count). The van der Waals surface area contributed by atoms with Gasteiger partial charge in [-0.3, -0.25) is 4.79 Å². The zero-order valence-electron chi connectivity index (χ0n) is 9.67. The molecule has 1 aromatic rings. The maximum absolute atomic E-state index is 10.7. The van der Waals surface area contributed by atoms with E-state index in [2.05, 4.69) is 5.16 Å². The molecule has 0 saturated heterocycles. The van der Waals surface area contributed by atoms with E-state index >= 15 is 0 Å². The van der Waals surface area contributed by atoms with Crippen molar-refractivity contribution in [3.8, 4) is 0 Å². The molecule has 0 saturated carbocycles. The van der Waals surface area contributed by atoms with Gasteiger partial charge in [-0.25, -0.2) is 0 Å². The van der Waals surface area contributed by atoms with Gasteiger partial charge in [0.15, 0.2) is 5.12 Å². The number of oxime groups is 1. The Labute approximate surface area is 105 Å². The fourth-order valence-corrected chi connectivity index (χ4v) is 1.84. The van der Waals surface area contributed by atoms with Crippen LogP contribution in [0.15, 0.2) is 35.5 Å². The van der Waals surface area contributed by atoms with Crippen LogP contribution in [0.1, 0.15) is 24.5 Å². The minimum atomic E-state index is 0.152. The largest absolute Gasteiger partial charge is 0.411 e. The van der Waals surface area contributed by atoms with Crippen molar-refractivity contribution >= 4 is 29.2 Å². The number of rotatable bonds is 5. The van der Waals surface area contributed by atoms with Crippen molar-refractivity contribution in [1.82, 2.24) is 0 Å². The van der Waals surface area contributed by atoms with Crippen LogP contribution >= 0.6 is 11.8 Å². The average Bonchev–Trinajstić information content (AvgIpc) is 2.29. The number of thioether (sulfide) groups is 1. The second-order valence-electron chi connectivity index (χ2n) is 3.45. The Morgan fingerprint density at radius 1 is 1.47 bits per heavy atom. The van der Waals surface area contributed by atoms with Gasteiger partial charge in [-0.05, 0) is 23.6 Å². The van der Waals surface area contributed by atoms with E-state index in [9.17, 15) is 4.79 Å². The molecule has 0 aliphatic rings. The molecule has 4 heteroatoms. The highest BCUT2D eigenvalue weighted by Gasteiger charge is 1.92. The van der Waals surface area contributed by atoms with Crippen LogP contribution in [-0.2, 0) is 4.79 Å². The van der Waals surface area contributed by atoms with Crippen molar-refractivity contribution in [2.45, 2.75) is 13.3 Å². The molecule has 1 N–H and O–H groups in total. The number of benzene rings is 1. The minimum Gasteiger partial charge on any atom is -0.411 e. The predicted molar refractivity (Wildman–Crippen MR) is 72.6 cm³/mol. The van der Waals surface area contributed by atoms with Crippen LogP contribution in [0.25, 0.3) is 6.08 Å². The van der Waals surface area contributed by atoms with E-state index in [4.69, 9.17) is 5.21 Å². The molecule has 0 atom stereocenters. The molecule has 0 aromatic heterocycles. The fraction of sp³-hybridized carbons (Fsp3) is 0.231. The Hall–Kier alpha value is -1.55. The molecular formula is C13H15NO2S. The normalized spacial score (nSPS) is 11.4. The fourth-order valence-electron chi connectivity index (χ4n) is 1.30. The van der Waals surface area contributed by atoms with Gasteiger partial charge >= 0.3 is 0 Å². The number of hydrogen-bond acceptors (Lipinski definition) is 4. The second kappa shape index (κ2) is 7.68. The van der Waals surface area contributed by atoms with Crippen LogP contribution in [0.4, 0.5) is 0 Å². The first-order valence-corrected chi connectivity index (χ1v) is 6.28. The van der Waals surface area contributed by atoms with Gasteiger partial charge in [0.25, 0.3) is 0 Å². The zero-order valence-corrected chi connectivity index (χ0v) is 10.5. The smallest absolute Gasteiger partial charge is 0.185 e. The quantitative estimate of drug-likeness (QED) is 0.377. The van der Waals surface area contributed by atoms with E-state index in [0.717, 1.165) is 23.3 Å². The first-order chi connectivity index (χ1) is 8.22. The summed E-state index contributed by atoms with van der Waals surface area (Å²) in [4.78, 5) is 10.7. The SMILES string of the molecule is CC(=O)SCCC=Cc1cccc(C=NO)c1. The Bertz CT molecular complexity index is 427. The summed E-state index contributed by atoms with van der Waals surface area (Å²) < 4.78 is 0. The maximum atomic E-state index is 10.7. The van der Waals surface area contributed by atoms with Gasteiger partial charge in [0.05, 0.1) is 6.21 Å². The molecule has 0 fully saturated rings. The van der Waals surface area contributed by atoms with Crippen LogP contribution in [0.3, 0.4) is 0 Å². The summed E-state index contributed by atoms with van der Waals surface area (Å²) in [6.45, 7) is 1.58. The first kappa shape index (κ1) is 13.5. The van der Waals surface area contributed by atoms with Crippen molar-refractivity contribution in [3.05, 3.63) is 41.5 Å². The van der Waals surface area contributed by atoms with Gasteiger partial charge in [0, 0.05) is 12.7 Å². The van der Waals surface area contributed by atoms with E-state index in [1.165, 1.54) is 18.0 Å². The van der Waals surface area contributed by atoms with Crippen LogP contribution in [0, 0.1) is 0 Å². The van der Waals surface area contributed by atoms with Gasteiger partial charge < -0.3 is 5.21 Å². The topological polar surface area (TPSA) is 49.7 Å². The molecule has 17 heavy (non-hydrogen) atoms. The van der Waals surface area contributed by atoms with Crippen molar-refractivity contribution in [3.63, 3.8) is 0 Å². The Kier molecular flexibility index (Phi) is 6.10. The third-order valence-corrected chi connectivity index (χ3v) is 2.86. The minimum absolute atomic E-state index is 0.152. The number of carbonyl (C=O) groups is 1. The van der Waals surface area contributed by atoms with Crippen LogP contribution in [-0.4, -0.2) is 22.3 Å². The summed E-state index contributed by atoms with van der Waals surface area (Å²) in [5.41, 5.74) is 1.91. The third-order valence-electron chi connectivity index (χ3n) is 2.02. The van der Waals surface area contributed by atoms with E-state index in [0.29, 0.717) is 0 Å². The maximum Gasteiger partial charge on any atom is 0.185 e. The second-order valence-corrected chi connectivity index (χ2v) is 4.72. The lowest BCUT2D eigenvalue weighted by Gasteiger charge is -1.96. The molecule has 0 spiro atoms. The molecular weight excluding hydrogens is 234 g/mol. The highest BCUT2D eigenvalue weighted by Crippen LogP contribution is 2.08. The standard InChI is InChI=1S/C13H15NO2S/c1-11(15)17-8-3-2-5-12-6-4-7-13(9-12)10-14-16/h2,4-7,9-10,16H,3,8H2,1H3. The van der Waals surface area contributed by atoms with Gasteiger partial charge in [0.1, 0.15) is 0 Å². The lowest BCUT2D eigenvalue weighted by molar-refractivity contribution is -0.109. The molecule has 90 valence electrons. The van der Waals surface area contributed by atoms with Crippen LogP contribution < -0.4 is 0 Å². The van der Waals surface area contributed by atoms with Crippen molar-refractivity contribution in [2.75, 3.05) is 5.75 Å². The molecule has 0 unspecified atom stereocenters. The predicted octanol–water partition coefficient (Wildman–Crippen LogP) is 3.18. The first-order valence-electron chi connectivity index (χ1n) is 5.30.